The van der Waals surface area contributed by atoms with Gasteiger partial charge in [-0.05, 0) is 19.9 Å². The molecule has 1 atom stereocenters. The van der Waals surface area contributed by atoms with E-state index >= 15 is 0 Å². The highest BCUT2D eigenvalue weighted by atomic mass is 16.5. The lowest BCUT2D eigenvalue weighted by molar-refractivity contribution is 0.0255. The summed E-state index contributed by atoms with van der Waals surface area (Å²) < 4.78 is 15.4. The Morgan fingerprint density at radius 2 is 1.62 bits per heavy atom. The Bertz CT molecular complexity index is 133. The fourth-order valence-corrected chi connectivity index (χ4v) is 1.04. The molecule has 0 saturated heterocycles. The van der Waals surface area contributed by atoms with Gasteiger partial charge in [0.1, 0.15) is 0 Å². The summed E-state index contributed by atoms with van der Waals surface area (Å²) in [4.78, 5) is 0. The Kier molecular flexibility index (Phi) is 12.7. The number of methoxy groups -OCH3 is 1. The van der Waals surface area contributed by atoms with Crippen molar-refractivity contribution >= 4 is 0 Å². The number of aliphatic hydroxyl groups is 1. The second-order valence-electron chi connectivity index (χ2n) is 3.61. The van der Waals surface area contributed by atoms with Gasteiger partial charge in [0.15, 0.2) is 0 Å². The summed E-state index contributed by atoms with van der Waals surface area (Å²) >= 11 is 0. The second-order valence-corrected chi connectivity index (χ2v) is 3.61. The van der Waals surface area contributed by atoms with Crippen molar-refractivity contribution in [2.75, 3.05) is 53.2 Å². The zero-order valence-corrected chi connectivity index (χ0v) is 10.4. The van der Waals surface area contributed by atoms with Crippen molar-refractivity contribution < 1.29 is 19.3 Å². The van der Waals surface area contributed by atoms with Crippen LogP contribution in [0.5, 0.6) is 0 Å². The van der Waals surface area contributed by atoms with Crippen molar-refractivity contribution in [2.24, 2.45) is 0 Å². The summed E-state index contributed by atoms with van der Waals surface area (Å²) in [6.07, 6.45) is 0.544. The van der Waals surface area contributed by atoms with Gasteiger partial charge in [-0.1, -0.05) is 0 Å². The van der Waals surface area contributed by atoms with E-state index in [1.54, 1.807) is 14.0 Å². The lowest BCUT2D eigenvalue weighted by Gasteiger charge is -2.07. The zero-order valence-electron chi connectivity index (χ0n) is 10.4. The highest BCUT2D eigenvalue weighted by Crippen LogP contribution is 1.85. The summed E-state index contributed by atoms with van der Waals surface area (Å²) in [5, 5.41) is 12.2. The van der Waals surface area contributed by atoms with Crippen molar-refractivity contribution in [1.82, 2.24) is 5.32 Å². The molecule has 0 rings (SSSR count). The smallest absolute Gasteiger partial charge is 0.0701 e. The molecule has 0 saturated carbocycles. The van der Waals surface area contributed by atoms with Crippen LogP contribution in [0, 0.1) is 0 Å². The number of hydrogen-bond donors (Lipinski definition) is 2. The van der Waals surface area contributed by atoms with E-state index < -0.39 is 0 Å². The first-order chi connectivity index (χ1) is 7.77. The molecule has 0 fully saturated rings. The molecule has 0 amide bonds. The molecule has 0 aliphatic carbocycles. The minimum Gasteiger partial charge on any atom is -0.393 e. The molecule has 0 aromatic heterocycles. The van der Waals surface area contributed by atoms with Crippen LogP contribution in [0.25, 0.3) is 0 Å². The highest BCUT2D eigenvalue weighted by Gasteiger charge is 1.94. The van der Waals surface area contributed by atoms with Crippen LogP contribution < -0.4 is 5.32 Å². The number of ether oxygens (including phenoxy) is 3. The van der Waals surface area contributed by atoms with Crippen molar-refractivity contribution in [3.8, 4) is 0 Å². The summed E-state index contributed by atoms with van der Waals surface area (Å²) in [5.41, 5.74) is 0. The molecule has 0 aromatic rings. The minimum absolute atomic E-state index is 0.234. The molecule has 0 aromatic carbocycles. The van der Waals surface area contributed by atoms with E-state index in [0.717, 1.165) is 19.5 Å². The Labute approximate surface area is 98.1 Å². The lowest BCUT2D eigenvalue weighted by Crippen LogP contribution is -2.24. The molecule has 98 valence electrons. The maximum Gasteiger partial charge on any atom is 0.0701 e. The quantitative estimate of drug-likeness (QED) is 0.467. The van der Waals surface area contributed by atoms with Gasteiger partial charge in [-0.2, -0.15) is 0 Å². The van der Waals surface area contributed by atoms with Gasteiger partial charge in [0.25, 0.3) is 0 Å². The molecule has 16 heavy (non-hydrogen) atoms. The average Bonchev–Trinajstić information content (AvgIpc) is 2.25. The Morgan fingerprint density at radius 3 is 2.25 bits per heavy atom. The second kappa shape index (κ2) is 12.9. The van der Waals surface area contributed by atoms with Gasteiger partial charge in [-0.15, -0.1) is 0 Å². The van der Waals surface area contributed by atoms with E-state index in [4.69, 9.17) is 19.3 Å². The third kappa shape index (κ3) is 13.8. The van der Waals surface area contributed by atoms with Gasteiger partial charge in [-0.3, -0.25) is 0 Å². The van der Waals surface area contributed by atoms with E-state index in [2.05, 4.69) is 5.32 Å². The standard InChI is InChI=1S/C11H25NO4/c1-11(13)3-4-12-5-6-15-9-10-16-8-7-14-2/h11-13H,3-10H2,1-2H3. The Morgan fingerprint density at radius 1 is 1.00 bits per heavy atom. The van der Waals surface area contributed by atoms with Crippen LogP contribution in [0.2, 0.25) is 0 Å². The fraction of sp³-hybridized carbons (Fsp3) is 1.00. The van der Waals surface area contributed by atoms with Gasteiger partial charge < -0.3 is 24.6 Å². The molecular formula is C11H25NO4. The van der Waals surface area contributed by atoms with E-state index in [0.29, 0.717) is 33.0 Å². The normalized spacial score (nSPS) is 12.9. The molecule has 2 N–H and O–H groups in total. The number of rotatable bonds is 12. The summed E-state index contributed by atoms with van der Waals surface area (Å²) in [7, 11) is 1.65. The van der Waals surface area contributed by atoms with E-state index in [1.807, 2.05) is 0 Å². The van der Waals surface area contributed by atoms with Crippen LogP contribution in [0.3, 0.4) is 0 Å². The summed E-state index contributed by atoms with van der Waals surface area (Å²) in [5.74, 6) is 0. The topological polar surface area (TPSA) is 60.0 Å². The van der Waals surface area contributed by atoms with Gasteiger partial charge in [0.05, 0.1) is 39.1 Å². The van der Waals surface area contributed by atoms with Gasteiger partial charge in [0, 0.05) is 13.7 Å². The Hall–Kier alpha value is -0.200. The monoisotopic (exact) mass is 235 g/mol. The van der Waals surface area contributed by atoms with Gasteiger partial charge >= 0.3 is 0 Å². The predicted molar refractivity (Wildman–Crippen MR) is 62.7 cm³/mol. The Balaban J connectivity index is 2.88. The van der Waals surface area contributed by atoms with Crippen LogP contribution in [-0.4, -0.2) is 64.4 Å². The third-order valence-corrected chi connectivity index (χ3v) is 1.97. The first kappa shape index (κ1) is 15.8. The molecule has 1 unspecified atom stereocenters. The minimum atomic E-state index is -0.234. The van der Waals surface area contributed by atoms with E-state index in [1.165, 1.54) is 0 Å². The molecule has 0 spiro atoms. The van der Waals surface area contributed by atoms with Crippen LogP contribution in [0.1, 0.15) is 13.3 Å². The van der Waals surface area contributed by atoms with Crippen LogP contribution in [0.4, 0.5) is 0 Å². The number of hydrogen-bond acceptors (Lipinski definition) is 5. The van der Waals surface area contributed by atoms with Gasteiger partial charge in [0.2, 0.25) is 0 Å². The molecule has 0 aliphatic heterocycles. The molecular weight excluding hydrogens is 210 g/mol. The average molecular weight is 235 g/mol. The highest BCUT2D eigenvalue weighted by molar-refractivity contribution is 4.51. The van der Waals surface area contributed by atoms with Crippen LogP contribution in [-0.2, 0) is 14.2 Å². The van der Waals surface area contributed by atoms with Crippen molar-refractivity contribution in [3.63, 3.8) is 0 Å². The van der Waals surface area contributed by atoms with Crippen molar-refractivity contribution in [1.29, 1.82) is 0 Å². The molecule has 0 heterocycles. The number of nitrogens with one attached hydrogen (secondary N) is 1. The fourth-order valence-electron chi connectivity index (χ4n) is 1.04. The first-order valence-corrected chi connectivity index (χ1v) is 5.80. The SMILES string of the molecule is COCCOCCOCCNCCC(C)O. The van der Waals surface area contributed by atoms with Crippen molar-refractivity contribution in [3.05, 3.63) is 0 Å². The third-order valence-electron chi connectivity index (χ3n) is 1.97. The maximum atomic E-state index is 9.00. The van der Waals surface area contributed by atoms with Gasteiger partial charge in [-0.25, -0.2) is 0 Å². The summed E-state index contributed by atoms with van der Waals surface area (Å²) in [6, 6.07) is 0. The maximum absolute atomic E-state index is 9.00. The molecule has 0 aliphatic rings. The van der Waals surface area contributed by atoms with E-state index in [9.17, 15) is 0 Å². The molecule has 0 radical (unpaired) electrons. The number of aliphatic hydroxyl groups excluding tert-OH is 1. The van der Waals surface area contributed by atoms with Crippen molar-refractivity contribution in [2.45, 2.75) is 19.4 Å². The van der Waals surface area contributed by atoms with Crippen LogP contribution in [0.15, 0.2) is 0 Å². The first-order valence-electron chi connectivity index (χ1n) is 5.80. The summed E-state index contributed by atoms with van der Waals surface area (Å²) in [6.45, 7) is 6.56. The largest absolute Gasteiger partial charge is 0.393 e. The molecule has 0 bridgehead atoms. The zero-order chi connectivity index (χ0) is 12.1. The lowest BCUT2D eigenvalue weighted by atomic mass is 10.3. The van der Waals surface area contributed by atoms with E-state index in [-0.39, 0.29) is 6.10 Å². The molecule has 5 nitrogen and oxygen atoms in total. The predicted octanol–water partition coefficient (Wildman–Crippen LogP) is 0.0265. The van der Waals surface area contributed by atoms with Crippen LogP contribution >= 0.6 is 0 Å². The molecule has 5 heteroatoms.